The van der Waals surface area contributed by atoms with Gasteiger partial charge in [0, 0.05) is 30.9 Å². The van der Waals surface area contributed by atoms with Crippen molar-refractivity contribution in [1.82, 2.24) is 30.0 Å². The summed E-state index contributed by atoms with van der Waals surface area (Å²) >= 11 is 0. The summed E-state index contributed by atoms with van der Waals surface area (Å²) in [4.78, 5) is 25.5. The second-order valence-electron chi connectivity index (χ2n) is 6.40. The number of benzene rings is 1. The molecule has 0 spiro atoms. The fourth-order valence-corrected chi connectivity index (χ4v) is 2.95. The van der Waals surface area contributed by atoms with E-state index in [1.165, 1.54) is 6.33 Å². The van der Waals surface area contributed by atoms with E-state index in [9.17, 15) is 4.79 Å². The molecule has 4 aromatic rings. The Morgan fingerprint density at radius 3 is 2.87 bits per heavy atom. The molecule has 30 heavy (non-hydrogen) atoms. The Morgan fingerprint density at radius 1 is 1.20 bits per heavy atom. The fourth-order valence-electron chi connectivity index (χ4n) is 2.95. The van der Waals surface area contributed by atoms with Gasteiger partial charge in [-0.25, -0.2) is 9.97 Å². The van der Waals surface area contributed by atoms with Gasteiger partial charge in [0.2, 0.25) is 0 Å². The van der Waals surface area contributed by atoms with E-state index in [0.717, 1.165) is 5.56 Å². The topological polar surface area (TPSA) is 108 Å². The summed E-state index contributed by atoms with van der Waals surface area (Å²) in [5, 5.41) is 6.79. The van der Waals surface area contributed by atoms with E-state index in [0.29, 0.717) is 41.8 Å². The number of hydrogen-bond donors (Lipinski definition) is 1. The van der Waals surface area contributed by atoms with E-state index in [1.54, 1.807) is 30.1 Å². The average Bonchev–Trinajstić information content (AvgIpc) is 3.47. The summed E-state index contributed by atoms with van der Waals surface area (Å²) in [5.41, 5.74) is 1.80. The number of para-hydroxylation sites is 1. The van der Waals surface area contributed by atoms with E-state index >= 15 is 0 Å². The van der Waals surface area contributed by atoms with Gasteiger partial charge in [-0.1, -0.05) is 30.3 Å². The number of imidazole rings is 1. The lowest BCUT2D eigenvalue weighted by Gasteiger charge is -2.08. The predicted octanol–water partition coefficient (Wildman–Crippen LogP) is 2.82. The lowest BCUT2D eigenvalue weighted by atomic mass is 10.2. The van der Waals surface area contributed by atoms with Gasteiger partial charge in [-0.2, -0.15) is 4.98 Å². The van der Waals surface area contributed by atoms with Gasteiger partial charge in [-0.3, -0.25) is 9.36 Å². The van der Waals surface area contributed by atoms with E-state index in [-0.39, 0.29) is 11.6 Å². The lowest BCUT2D eigenvalue weighted by Crippen LogP contribution is -2.23. The first-order chi connectivity index (χ1) is 14.7. The van der Waals surface area contributed by atoms with E-state index in [2.05, 4.69) is 25.4 Å². The Morgan fingerprint density at radius 2 is 2.07 bits per heavy atom. The quantitative estimate of drug-likeness (QED) is 0.504. The second kappa shape index (κ2) is 8.56. The fraction of sp³-hybridized carbons (Fsp3) is 0.190. The highest BCUT2D eigenvalue weighted by Gasteiger charge is 2.17. The molecule has 0 saturated heterocycles. The largest absolute Gasteiger partial charge is 0.496 e. The first kappa shape index (κ1) is 19.3. The van der Waals surface area contributed by atoms with Crippen molar-refractivity contribution in [2.24, 2.45) is 0 Å². The molecule has 152 valence electrons. The molecule has 0 aliphatic heterocycles. The van der Waals surface area contributed by atoms with E-state index < -0.39 is 0 Å². The minimum absolute atomic E-state index is 0.265. The Labute approximate surface area is 172 Å². The molecule has 1 aromatic carbocycles. The summed E-state index contributed by atoms with van der Waals surface area (Å²) in [6.45, 7) is 2.27. The molecule has 9 heteroatoms. The number of pyridine rings is 1. The van der Waals surface area contributed by atoms with Crippen molar-refractivity contribution in [3.63, 3.8) is 0 Å². The number of rotatable bonds is 7. The molecule has 3 heterocycles. The van der Waals surface area contributed by atoms with Crippen LogP contribution < -0.4 is 10.1 Å². The van der Waals surface area contributed by atoms with Gasteiger partial charge < -0.3 is 14.6 Å². The third-order valence-electron chi connectivity index (χ3n) is 4.49. The highest BCUT2D eigenvalue weighted by atomic mass is 16.5. The lowest BCUT2D eigenvalue weighted by molar-refractivity contribution is 0.0946. The van der Waals surface area contributed by atoms with Crippen LogP contribution in [-0.2, 0) is 13.0 Å². The van der Waals surface area contributed by atoms with Crippen LogP contribution in [-0.4, -0.2) is 37.7 Å². The third kappa shape index (κ3) is 3.90. The standard InChI is InChI=1S/C21H20N6O3/c1-3-18-25-21(30-26-18)15-8-6-10-22-19(15)27-12-16(24-13-27)20(28)23-11-14-7-4-5-9-17(14)29-2/h4-10,12-13H,3,11H2,1-2H3,(H,23,28). The van der Waals surface area contributed by atoms with Gasteiger partial charge in [-0.05, 0) is 18.2 Å². The molecular formula is C21H20N6O3. The Hall–Kier alpha value is -4.01. The number of amides is 1. The first-order valence-corrected chi connectivity index (χ1v) is 9.42. The molecule has 0 fully saturated rings. The van der Waals surface area contributed by atoms with Crippen molar-refractivity contribution in [2.45, 2.75) is 19.9 Å². The number of nitrogens with zero attached hydrogens (tertiary/aromatic N) is 5. The zero-order valence-corrected chi connectivity index (χ0v) is 16.6. The van der Waals surface area contributed by atoms with Crippen molar-refractivity contribution in [3.05, 3.63) is 72.2 Å². The van der Waals surface area contributed by atoms with Crippen LogP contribution in [0.1, 0.15) is 28.8 Å². The van der Waals surface area contributed by atoms with Crippen molar-refractivity contribution in [1.29, 1.82) is 0 Å². The Kier molecular flexibility index (Phi) is 5.51. The Balaban J connectivity index is 1.54. The number of carbonyl (C=O) groups excluding carboxylic acids is 1. The number of hydrogen-bond acceptors (Lipinski definition) is 7. The molecule has 0 aliphatic carbocycles. The normalized spacial score (nSPS) is 10.7. The van der Waals surface area contributed by atoms with E-state index in [1.807, 2.05) is 37.3 Å². The average molecular weight is 404 g/mol. The van der Waals surface area contributed by atoms with Gasteiger partial charge in [0.25, 0.3) is 11.8 Å². The summed E-state index contributed by atoms with van der Waals surface area (Å²) in [5.74, 6) is 1.93. The maximum Gasteiger partial charge on any atom is 0.271 e. The van der Waals surface area contributed by atoms with Crippen molar-refractivity contribution in [3.8, 4) is 23.0 Å². The van der Waals surface area contributed by atoms with Crippen molar-refractivity contribution < 1.29 is 14.1 Å². The molecule has 3 aromatic heterocycles. The first-order valence-electron chi connectivity index (χ1n) is 9.42. The van der Waals surface area contributed by atoms with Gasteiger partial charge in [0.15, 0.2) is 11.6 Å². The predicted molar refractivity (Wildman–Crippen MR) is 108 cm³/mol. The highest BCUT2D eigenvalue weighted by molar-refractivity contribution is 5.92. The molecular weight excluding hydrogens is 384 g/mol. The highest BCUT2D eigenvalue weighted by Crippen LogP contribution is 2.24. The zero-order chi connectivity index (χ0) is 20.9. The number of aromatic nitrogens is 5. The SMILES string of the molecule is CCc1noc(-c2cccnc2-n2cnc(C(=O)NCc3ccccc3OC)c2)n1. The van der Waals surface area contributed by atoms with Crippen LogP contribution in [0, 0.1) is 0 Å². The summed E-state index contributed by atoms with van der Waals surface area (Å²) < 4.78 is 12.3. The smallest absolute Gasteiger partial charge is 0.271 e. The van der Waals surface area contributed by atoms with Crippen LogP contribution in [0.15, 0.2) is 59.6 Å². The number of aryl methyl sites for hydroxylation is 1. The molecule has 0 saturated carbocycles. The van der Waals surface area contributed by atoms with Gasteiger partial charge in [-0.15, -0.1) is 0 Å². The molecule has 0 radical (unpaired) electrons. The van der Waals surface area contributed by atoms with Gasteiger partial charge in [0.1, 0.15) is 17.8 Å². The van der Waals surface area contributed by atoms with Crippen molar-refractivity contribution in [2.75, 3.05) is 7.11 Å². The third-order valence-corrected chi connectivity index (χ3v) is 4.49. The number of carbonyl (C=O) groups is 1. The molecule has 0 bridgehead atoms. The van der Waals surface area contributed by atoms with Crippen LogP contribution in [0.2, 0.25) is 0 Å². The minimum atomic E-state index is -0.303. The molecule has 1 N–H and O–H groups in total. The minimum Gasteiger partial charge on any atom is -0.496 e. The van der Waals surface area contributed by atoms with Crippen LogP contribution in [0.4, 0.5) is 0 Å². The van der Waals surface area contributed by atoms with Gasteiger partial charge in [0.05, 0.1) is 12.7 Å². The van der Waals surface area contributed by atoms with Crippen molar-refractivity contribution >= 4 is 5.91 Å². The maximum atomic E-state index is 12.6. The summed E-state index contributed by atoms with van der Waals surface area (Å²) in [6.07, 6.45) is 5.46. The van der Waals surface area contributed by atoms with E-state index in [4.69, 9.17) is 9.26 Å². The van der Waals surface area contributed by atoms with Crippen LogP contribution >= 0.6 is 0 Å². The number of methoxy groups -OCH3 is 1. The van der Waals surface area contributed by atoms with Crippen LogP contribution in [0.5, 0.6) is 5.75 Å². The second-order valence-corrected chi connectivity index (χ2v) is 6.40. The Bertz CT molecular complexity index is 1170. The molecule has 0 unspecified atom stereocenters. The van der Waals surface area contributed by atoms with Gasteiger partial charge >= 0.3 is 0 Å². The number of ether oxygens (including phenoxy) is 1. The monoisotopic (exact) mass is 404 g/mol. The maximum absolute atomic E-state index is 12.6. The molecule has 9 nitrogen and oxygen atoms in total. The summed E-state index contributed by atoms with van der Waals surface area (Å²) in [7, 11) is 1.60. The number of nitrogens with one attached hydrogen (secondary N) is 1. The molecule has 0 aliphatic rings. The molecule has 0 atom stereocenters. The molecule has 4 rings (SSSR count). The molecule has 1 amide bonds. The zero-order valence-electron chi connectivity index (χ0n) is 16.6. The van der Waals surface area contributed by atoms with Crippen LogP contribution in [0.3, 0.4) is 0 Å². The summed E-state index contributed by atoms with van der Waals surface area (Å²) in [6, 6.07) is 11.1. The van der Waals surface area contributed by atoms with Crippen LogP contribution in [0.25, 0.3) is 17.3 Å².